The molecule has 2 aromatic heterocycles. The Bertz CT molecular complexity index is 2280. The Hall–Kier alpha value is -6.22. The second kappa shape index (κ2) is 36.9. The summed E-state index contributed by atoms with van der Waals surface area (Å²) < 4.78 is 67.6. The molecule has 0 unspecified atom stereocenters. The van der Waals surface area contributed by atoms with E-state index in [1.807, 2.05) is 6.07 Å². The molecule has 3 aliphatic heterocycles. The van der Waals surface area contributed by atoms with Gasteiger partial charge in [-0.15, -0.1) is 10.2 Å². The number of anilines is 2. The van der Waals surface area contributed by atoms with Crippen LogP contribution in [0.3, 0.4) is 0 Å². The first-order valence-corrected chi connectivity index (χ1v) is 26.7. The van der Waals surface area contributed by atoms with Crippen LogP contribution in [-0.4, -0.2) is 248 Å². The number of ether oxygens (including phenoxy) is 12. The molecule has 29 nitrogen and oxygen atoms in total. The number of aromatic nitrogens is 5. The van der Waals surface area contributed by atoms with Crippen LogP contribution in [-0.2, 0) is 87.4 Å². The Morgan fingerprint density at radius 1 is 0.562 bits per heavy atom. The van der Waals surface area contributed by atoms with Crippen molar-refractivity contribution in [3.63, 3.8) is 0 Å². The van der Waals surface area contributed by atoms with Crippen LogP contribution >= 0.6 is 0 Å². The normalized spacial score (nSPS) is 15.2. The van der Waals surface area contributed by atoms with Crippen LogP contribution in [0.15, 0.2) is 48.9 Å². The number of nitrogens with zero attached hydrogens (tertiary/aromatic N) is 8. The molecule has 6 rings (SSSR count). The zero-order valence-electron chi connectivity index (χ0n) is 45.1. The van der Waals surface area contributed by atoms with E-state index in [9.17, 15) is 28.8 Å². The quantitative estimate of drug-likeness (QED) is 0.0454. The summed E-state index contributed by atoms with van der Waals surface area (Å²) in [6, 6.07) is 7.89. The van der Waals surface area contributed by atoms with Crippen molar-refractivity contribution in [2.75, 3.05) is 182 Å². The molecule has 1 aromatic carbocycles. The van der Waals surface area contributed by atoms with E-state index >= 15 is 0 Å². The second-order valence-electron chi connectivity index (χ2n) is 17.7. The molecular formula is C51H74N10O19. The molecular weight excluding hydrogens is 1060 g/mol. The van der Waals surface area contributed by atoms with E-state index < -0.39 is 35.4 Å². The van der Waals surface area contributed by atoms with Crippen LogP contribution in [0.25, 0.3) is 11.3 Å². The average molecular weight is 1130 g/mol. The lowest BCUT2D eigenvalue weighted by atomic mass is 9.87. The zero-order chi connectivity index (χ0) is 56.3. The fourth-order valence-corrected chi connectivity index (χ4v) is 7.74. The first-order valence-electron chi connectivity index (χ1n) is 26.7. The molecule has 7 amide bonds. The number of carbonyl (C=O) groups excluding carboxylic acids is 6. The fraction of sp³-hybridized carbons (Fsp3) is 0.647. The minimum Gasteiger partial charge on any atom is -0.378 e. The van der Waals surface area contributed by atoms with Gasteiger partial charge in [-0.2, -0.15) is 0 Å². The van der Waals surface area contributed by atoms with Crippen molar-refractivity contribution in [1.29, 1.82) is 0 Å². The van der Waals surface area contributed by atoms with E-state index in [0.29, 0.717) is 174 Å². The molecule has 2 N–H and O–H groups in total. The number of hydroxylamine groups is 2. The minimum absolute atomic E-state index is 0.0489. The van der Waals surface area contributed by atoms with Gasteiger partial charge >= 0.3 is 18.0 Å². The van der Waals surface area contributed by atoms with Crippen LogP contribution in [0, 0.1) is 0 Å². The van der Waals surface area contributed by atoms with Crippen LogP contribution in [0.2, 0.25) is 0 Å². The minimum atomic E-state index is -1.05. The molecule has 3 fully saturated rings. The van der Waals surface area contributed by atoms with E-state index in [2.05, 4.69) is 30.9 Å². The number of piperidine rings is 1. The molecule has 0 bridgehead atoms. The number of imide groups is 2. The first kappa shape index (κ1) is 63.0. The SMILES string of the molecule is O=C(CCOCCOCCOCCOCCOCCOCCOCCOCCOCCOCCOCCOCCn1cc(-c2cnc(NC(=O)N3CCC4(CC3)NC(=O)N(c3ccccc3)C4=O)nc2)nn1)ON1C(=O)CCC1=O. The van der Waals surface area contributed by atoms with Crippen molar-refractivity contribution in [3.8, 4) is 11.3 Å². The van der Waals surface area contributed by atoms with Crippen LogP contribution in [0.5, 0.6) is 0 Å². The lowest BCUT2D eigenvalue weighted by Crippen LogP contribution is -2.56. The maximum atomic E-state index is 13.3. The first-order chi connectivity index (χ1) is 39.2. The molecule has 0 saturated carbocycles. The van der Waals surface area contributed by atoms with Crippen molar-refractivity contribution in [3.05, 3.63) is 48.9 Å². The summed E-state index contributed by atoms with van der Waals surface area (Å²) >= 11 is 0. The molecule has 3 aliphatic rings. The number of benzene rings is 1. The number of nitrogens with one attached hydrogen (secondary N) is 2. The molecule has 3 saturated heterocycles. The number of urea groups is 2. The van der Waals surface area contributed by atoms with Crippen LogP contribution in [0.1, 0.15) is 32.1 Å². The van der Waals surface area contributed by atoms with Gasteiger partial charge in [0, 0.05) is 43.9 Å². The highest BCUT2D eigenvalue weighted by Gasteiger charge is 2.53. The number of hydrogen-bond donors (Lipinski definition) is 2. The molecule has 1 spiro atoms. The Labute approximate surface area is 463 Å². The smallest absolute Gasteiger partial charge is 0.335 e. The summed E-state index contributed by atoms with van der Waals surface area (Å²) in [6.45, 7) is 10.7. The zero-order valence-corrected chi connectivity index (χ0v) is 45.1. The molecule has 0 aliphatic carbocycles. The largest absolute Gasteiger partial charge is 0.378 e. The van der Waals surface area contributed by atoms with Gasteiger partial charge < -0.3 is 71.9 Å². The summed E-state index contributed by atoms with van der Waals surface area (Å²) in [5, 5.41) is 14.4. The third-order valence-electron chi connectivity index (χ3n) is 12.0. The van der Waals surface area contributed by atoms with E-state index in [4.69, 9.17) is 61.7 Å². The van der Waals surface area contributed by atoms with E-state index in [1.165, 1.54) is 0 Å². The lowest BCUT2D eigenvalue weighted by molar-refractivity contribution is -0.198. The predicted molar refractivity (Wildman–Crippen MR) is 278 cm³/mol. The molecule has 3 aromatic rings. The summed E-state index contributed by atoms with van der Waals surface area (Å²) in [5.41, 5.74) is 0.626. The summed E-state index contributed by atoms with van der Waals surface area (Å²) in [4.78, 5) is 89.7. The molecule has 80 heavy (non-hydrogen) atoms. The summed E-state index contributed by atoms with van der Waals surface area (Å²) in [7, 11) is 0. The van der Waals surface area contributed by atoms with Crippen molar-refractivity contribution in [1.82, 2.24) is 40.2 Å². The van der Waals surface area contributed by atoms with E-state index in [1.54, 1.807) is 52.4 Å². The molecule has 0 atom stereocenters. The Balaban J connectivity index is 0.616. The van der Waals surface area contributed by atoms with Gasteiger partial charge in [-0.25, -0.2) is 33.9 Å². The summed E-state index contributed by atoms with van der Waals surface area (Å²) in [6.07, 6.45) is 5.42. The monoisotopic (exact) mass is 1130 g/mol. The van der Waals surface area contributed by atoms with Gasteiger partial charge in [-0.3, -0.25) is 19.7 Å². The molecule has 0 radical (unpaired) electrons. The third-order valence-corrected chi connectivity index (χ3v) is 12.0. The standard InChI is InChI=1S/C51H74N10O19/c62-44-6-7-45(63)61(44)80-46(64)8-14-68-16-18-70-20-22-72-24-26-74-28-30-76-32-34-78-36-37-79-35-33-77-31-29-75-27-25-73-23-21-71-19-17-69-15-13-59-40-43(56-57-59)41-38-52-48(53-39-41)54-49(66)58-11-9-51(10-12-58)47(65)60(50(67)55-51)42-4-2-1-3-5-42/h1-5,38-40H,6-37H2,(H,55,67)(H,52,53,54,66). The Morgan fingerprint density at radius 2 is 0.988 bits per heavy atom. The summed E-state index contributed by atoms with van der Waals surface area (Å²) in [5.74, 6) is -1.95. The van der Waals surface area contributed by atoms with Gasteiger partial charge in [0.05, 0.1) is 183 Å². The van der Waals surface area contributed by atoms with E-state index in [-0.39, 0.29) is 70.3 Å². The van der Waals surface area contributed by atoms with E-state index in [0.717, 1.165) is 4.90 Å². The third kappa shape index (κ3) is 22.7. The average Bonchev–Trinajstić information content (AvgIpc) is 4.19. The Morgan fingerprint density at radius 3 is 1.44 bits per heavy atom. The topological polar surface area (TPSA) is 313 Å². The van der Waals surface area contributed by atoms with Crippen molar-refractivity contribution < 1.29 is 90.4 Å². The van der Waals surface area contributed by atoms with Crippen molar-refractivity contribution in [2.45, 2.75) is 44.2 Å². The van der Waals surface area contributed by atoms with Crippen LogP contribution < -0.4 is 15.5 Å². The van der Waals surface area contributed by atoms with Gasteiger partial charge in [0.25, 0.3) is 17.7 Å². The van der Waals surface area contributed by atoms with Gasteiger partial charge in [0.1, 0.15) is 11.2 Å². The number of carbonyl (C=O) groups is 6. The van der Waals surface area contributed by atoms with Crippen molar-refractivity contribution >= 4 is 47.4 Å². The molecule has 442 valence electrons. The number of para-hydroxylation sites is 1. The van der Waals surface area contributed by atoms with Gasteiger partial charge in [0.2, 0.25) is 5.95 Å². The fourth-order valence-electron chi connectivity index (χ4n) is 7.74. The maximum absolute atomic E-state index is 13.3. The number of amides is 7. The van der Waals surface area contributed by atoms with Gasteiger partial charge in [-0.1, -0.05) is 23.4 Å². The highest BCUT2D eigenvalue weighted by molar-refractivity contribution is 6.23. The molecule has 5 heterocycles. The van der Waals surface area contributed by atoms with Crippen molar-refractivity contribution in [2.24, 2.45) is 0 Å². The van der Waals surface area contributed by atoms with Gasteiger partial charge in [0.15, 0.2) is 0 Å². The highest BCUT2D eigenvalue weighted by Crippen LogP contribution is 2.32. The highest BCUT2D eigenvalue weighted by atomic mass is 16.7. The predicted octanol–water partition coefficient (Wildman–Crippen LogP) is 1.05. The lowest BCUT2D eigenvalue weighted by Gasteiger charge is -2.37. The maximum Gasteiger partial charge on any atom is 0.335 e. The van der Waals surface area contributed by atoms with Gasteiger partial charge in [-0.05, 0) is 25.0 Å². The number of rotatable bonds is 43. The second-order valence-corrected chi connectivity index (χ2v) is 17.7. The van der Waals surface area contributed by atoms with Crippen LogP contribution in [0.4, 0.5) is 21.2 Å². The number of likely N-dealkylation sites (tertiary alicyclic amines) is 1. The Kier molecular flexibility index (Phi) is 29.1. The number of hydrogen-bond acceptors (Lipinski definition) is 23. The molecule has 29 heteroatoms.